The number of amides is 2. The molecule has 0 saturated heterocycles. The topological polar surface area (TPSA) is 87.7 Å². The van der Waals surface area contributed by atoms with Crippen LogP contribution in [0, 0.1) is 5.41 Å². The highest BCUT2D eigenvalue weighted by Gasteiger charge is 2.32. The molecule has 0 aromatic heterocycles. The number of aliphatic carboxylic acids is 1. The van der Waals surface area contributed by atoms with Gasteiger partial charge in [-0.25, -0.2) is 9.59 Å². The molecule has 0 aliphatic carbocycles. The Morgan fingerprint density at radius 1 is 1.21 bits per heavy atom. The van der Waals surface area contributed by atoms with Crippen molar-refractivity contribution >= 4 is 12.0 Å². The Morgan fingerprint density at radius 2 is 1.74 bits per heavy atom. The van der Waals surface area contributed by atoms with Gasteiger partial charge in [0.05, 0.1) is 5.60 Å². The minimum absolute atomic E-state index is 0.309. The molecule has 3 N–H and O–H groups in total. The summed E-state index contributed by atoms with van der Waals surface area (Å²) in [6.07, 6.45) is 0. The molecule has 1 unspecified atom stereocenters. The summed E-state index contributed by atoms with van der Waals surface area (Å²) in [5.74, 6) is -1.05. The summed E-state index contributed by atoms with van der Waals surface area (Å²) in [4.78, 5) is 22.8. The molecule has 0 fully saturated rings. The number of carboxylic acids is 1. The molecule has 0 aliphatic heterocycles. The number of rotatable bonds is 6. The lowest BCUT2D eigenvalue weighted by molar-refractivity contribution is -0.141. The molecule has 6 nitrogen and oxygen atoms in total. The summed E-state index contributed by atoms with van der Waals surface area (Å²) >= 11 is 0. The van der Waals surface area contributed by atoms with E-state index in [1.54, 1.807) is 20.8 Å². The second-order valence-electron chi connectivity index (χ2n) is 6.16. The van der Waals surface area contributed by atoms with Crippen molar-refractivity contribution in [1.29, 1.82) is 0 Å². The van der Waals surface area contributed by atoms with E-state index >= 15 is 0 Å². The fourth-order valence-corrected chi connectivity index (χ4v) is 1.57. The van der Waals surface area contributed by atoms with Gasteiger partial charge in [0.2, 0.25) is 0 Å². The molecular formula is C13H26N2O4. The molecule has 0 aliphatic rings. The Hall–Kier alpha value is -1.30. The summed E-state index contributed by atoms with van der Waals surface area (Å²) in [6.45, 7) is 11.7. The van der Waals surface area contributed by atoms with Crippen LogP contribution in [0.3, 0.4) is 0 Å². The van der Waals surface area contributed by atoms with Gasteiger partial charge in [0.25, 0.3) is 0 Å². The van der Waals surface area contributed by atoms with Crippen LogP contribution in [0.4, 0.5) is 4.79 Å². The fraction of sp³-hybridized carbons (Fsp3) is 0.846. The van der Waals surface area contributed by atoms with E-state index in [0.29, 0.717) is 13.2 Å². The summed E-state index contributed by atoms with van der Waals surface area (Å²) in [7, 11) is 0. The maximum Gasteiger partial charge on any atom is 0.326 e. The van der Waals surface area contributed by atoms with Crippen LogP contribution in [-0.4, -0.2) is 41.9 Å². The maximum atomic E-state index is 11.7. The van der Waals surface area contributed by atoms with Crippen LogP contribution in [0.5, 0.6) is 0 Å². The molecule has 2 amide bonds. The van der Waals surface area contributed by atoms with E-state index in [-0.39, 0.29) is 0 Å². The molecule has 0 radical (unpaired) electrons. The average molecular weight is 274 g/mol. The average Bonchev–Trinajstić information content (AvgIpc) is 2.21. The monoisotopic (exact) mass is 274 g/mol. The summed E-state index contributed by atoms with van der Waals surface area (Å²) in [6, 6.07) is -1.45. The largest absolute Gasteiger partial charge is 0.480 e. The highest BCUT2D eigenvalue weighted by molar-refractivity contribution is 5.83. The fourth-order valence-electron chi connectivity index (χ4n) is 1.57. The molecule has 0 saturated carbocycles. The van der Waals surface area contributed by atoms with Crippen LogP contribution in [0.2, 0.25) is 0 Å². The van der Waals surface area contributed by atoms with Gasteiger partial charge in [-0.05, 0) is 26.2 Å². The van der Waals surface area contributed by atoms with E-state index in [1.807, 2.05) is 20.8 Å². The molecule has 0 heterocycles. The molecule has 112 valence electrons. The van der Waals surface area contributed by atoms with Crippen LogP contribution in [0.1, 0.15) is 41.5 Å². The maximum absolute atomic E-state index is 11.7. The minimum atomic E-state index is -1.05. The van der Waals surface area contributed by atoms with E-state index in [4.69, 9.17) is 9.84 Å². The quantitative estimate of drug-likeness (QED) is 0.686. The highest BCUT2D eigenvalue weighted by atomic mass is 16.5. The van der Waals surface area contributed by atoms with Gasteiger partial charge in [0.1, 0.15) is 6.04 Å². The molecule has 6 heteroatoms. The highest BCUT2D eigenvalue weighted by Crippen LogP contribution is 2.19. The third-order valence-corrected chi connectivity index (χ3v) is 2.60. The van der Waals surface area contributed by atoms with Crippen molar-refractivity contribution in [3.8, 4) is 0 Å². The first-order chi connectivity index (χ1) is 8.49. The van der Waals surface area contributed by atoms with Gasteiger partial charge in [-0.15, -0.1) is 0 Å². The van der Waals surface area contributed by atoms with Crippen LogP contribution in [0.25, 0.3) is 0 Å². The minimum Gasteiger partial charge on any atom is -0.480 e. The summed E-state index contributed by atoms with van der Waals surface area (Å²) < 4.78 is 5.44. The van der Waals surface area contributed by atoms with E-state index in [2.05, 4.69) is 10.6 Å². The van der Waals surface area contributed by atoms with Gasteiger partial charge >= 0.3 is 12.0 Å². The van der Waals surface area contributed by atoms with Gasteiger partial charge < -0.3 is 20.5 Å². The van der Waals surface area contributed by atoms with Crippen LogP contribution < -0.4 is 10.6 Å². The van der Waals surface area contributed by atoms with Crippen molar-refractivity contribution in [2.24, 2.45) is 5.41 Å². The van der Waals surface area contributed by atoms with Crippen LogP contribution >= 0.6 is 0 Å². The number of hydrogen-bond acceptors (Lipinski definition) is 3. The molecule has 0 spiro atoms. The Bertz CT molecular complexity index is 321. The van der Waals surface area contributed by atoms with Crippen molar-refractivity contribution in [2.75, 3.05) is 13.2 Å². The zero-order valence-corrected chi connectivity index (χ0v) is 12.7. The third-order valence-electron chi connectivity index (χ3n) is 2.60. The van der Waals surface area contributed by atoms with E-state index in [9.17, 15) is 9.59 Å². The number of carbonyl (C=O) groups is 2. The Labute approximate surface area is 114 Å². The second kappa shape index (κ2) is 6.75. The molecule has 1 atom stereocenters. The predicted molar refractivity (Wildman–Crippen MR) is 73.1 cm³/mol. The molecule has 0 bridgehead atoms. The van der Waals surface area contributed by atoms with Gasteiger partial charge in [-0.2, -0.15) is 0 Å². The molecule has 0 aromatic rings. The van der Waals surface area contributed by atoms with E-state index in [1.165, 1.54) is 0 Å². The Morgan fingerprint density at radius 3 is 2.11 bits per heavy atom. The SMILES string of the molecule is CCOC(C)(C)CNC(=O)NC(C(=O)O)C(C)(C)C. The van der Waals surface area contributed by atoms with E-state index < -0.39 is 29.1 Å². The lowest BCUT2D eigenvalue weighted by Gasteiger charge is -2.29. The van der Waals surface area contributed by atoms with Gasteiger partial charge in [-0.3, -0.25) is 0 Å². The first-order valence-electron chi connectivity index (χ1n) is 6.40. The Balaban J connectivity index is 4.41. The van der Waals surface area contributed by atoms with Crippen molar-refractivity contribution in [3.63, 3.8) is 0 Å². The number of ether oxygens (including phenoxy) is 1. The molecule has 0 aromatic carbocycles. The van der Waals surface area contributed by atoms with Gasteiger partial charge in [0, 0.05) is 13.2 Å². The zero-order chi connectivity index (χ0) is 15.3. The van der Waals surface area contributed by atoms with Crippen molar-refractivity contribution in [2.45, 2.75) is 53.2 Å². The first kappa shape index (κ1) is 17.7. The van der Waals surface area contributed by atoms with Crippen LogP contribution in [0.15, 0.2) is 0 Å². The summed E-state index contributed by atoms with van der Waals surface area (Å²) in [5, 5.41) is 14.2. The normalized spacial score (nSPS) is 13.8. The third kappa shape index (κ3) is 7.00. The predicted octanol–water partition coefficient (Wildman–Crippen LogP) is 1.60. The number of nitrogens with one attached hydrogen (secondary N) is 2. The lowest BCUT2D eigenvalue weighted by Crippen LogP contribution is -2.54. The van der Waals surface area contributed by atoms with E-state index in [0.717, 1.165) is 0 Å². The summed E-state index contributed by atoms with van der Waals surface area (Å²) in [5.41, 5.74) is -1.04. The number of carboxylic acid groups (broad SMARTS) is 1. The molecular weight excluding hydrogens is 248 g/mol. The zero-order valence-electron chi connectivity index (χ0n) is 12.7. The number of hydrogen-bond donors (Lipinski definition) is 3. The first-order valence-corrected chi connectivity index (χ1v) is 6.40. The van der Waals surface area contributed by atoms with Crippen LogP contribution in [-0.2, 0) is 9.53 Å². The second-order valence-corrected chi connectivity index (χ2v) is 6.16. The van der Waals surface area contributed by atoms with Crippen molar-refractivity contribution < 1.29 is 19.4 Å². The van der Waals surface area contributed by atoms with Crippen molar-refractivity contribution in [3.05, 3.63) is 0 Å². The standard InChI is InChI=1S/C13H26N2O4/c1-7-19-13(5,6)8-14-11(18)15-9(10(16)17)12(2,3)4/h9H,7-8H2,1-6H3,(H,16,17)(H2,14,15,18). The number of urea groups is 1. The number of carbonyl (C=O) groups excluding carboxylic acids is 1. The lowest BCUT2D eigenvalue weighted by atomic mass is 9.87. The smallest absolute Gasteiger partial charge is 0.326 e. The van der Waals surface area contributed by atoms with Gasteiger partial charge in [-0.1, -0.05) is 20.8 Å². The molecule has 0 rings (SSSR count). The van der Waals surface area contributed by atoms with Crippen molar-refractivity contribution in [1.82, 2.24) is 10.6 Å². The Kier molecular flexibility index (Phi) is 6.29. The van der Waals surface area contributed by atoms with Gasteiger partial charge in [0.15, 0.2) is 0 Å². The molecule has 19 heavy (non-hydrogen) atoms.